The molecule has 0 unspecified atom stereocenters. The minimum atomic E-state index is -0.0367. The van der Waals surface area contributed by atoms with Gasteiger partial charge in [0.2, 0.25) is 11.8 Å². The number of carbonyl (C=O) groups excluding carboxylic acids is 2. The molecule has 0 aliphatic heterocycles. The van der Waals surface area contributed by atoms with Gasteiger partial charge in [-0.15, -0.1) is 0 Å². The van der Waals surface area contributed by atoms with Crippen molar-refractivity contribution in [1.29, 1.82) is 0 Å². The molecule has 4 nitrogen and oxygen atoms in total. The number of anilines is 1. The maximum absolute atomic E-state index is 12.0. The molecule has 4 heteroatoms. The van der Waals surface area contributed by atoms with Crippen LogP contribution in [0.3, 0.4) is 0 Å². The number of rotatable bonds is 6. The van der Waals surface area contributed by atoms with Crippen LogP contribution in [0.1, 0.15) is 23.6 Å². The molecule has 0 saturated heterocycles. The van der Waals surface area contributed by atoms with Gasteiger partial charge in [0.25, 0.3) is 0 Å². The summed E-state index contributed by atoms with van der Waals surface area (Å²) in [7, 11) is 0. The van der Waals surface area contributed by atoms with Crippen LogP contribution in [0.15, 0.2) is 48.5 Å². The number of benzene rings is 2. The van der Waals surface area contributed by atoms with Crippen molar-refractivity contribution in [3.8, 4) is 0 Å². The molecule has 2 aromatic carbocycles. The first kappa shape index (κ1) is 17.7. The fraction of sp³-hybridized carbons (Fsp3) is 0.300. The Balaban J connectivity index is 1.92. The van der Waals surface area contributed by atoms with E-state index >= 15 is 0 Å². The Hall–Kier alpha value is -2.62. The van der Waals surface area contributed by atoms with E-state index in [0.717, 1.165) is 22.4 Å². The molecular weight excluding hydrogens is 300 g/mol. The average molecular weight is 324 g/mol. The zero-order valence-corrected chi connectivity index (χ0v) is 14.5. The molecule has 2 amide bonds. The molecule has 24 heavy (non-hydrogen) atoms. The Morgan fingerprint density at radius 2 is 1.75 bits per heavy atom. The topological polar surface area (TPSA) is 49.4 Å². The van der Waals surface area contributed by atoms with Crippen LogP contribution in [0.5, 0.6) is 0 Å². The smallest absolute Gasteiger partial charge is 0.224 e. The number of nitrogens with zero attached hydrogens (tertiary/aromatic N) is 1. The molecular formula is C20H24N2O2. The summed E-state index contributed by atoms with van der Waals surface area (Å²) in [6.45, 7) is 6.45. The summed E-state index contributed by atoms with van der Waals surface area (Å²) < 4.78 is 0. The number of amides is 2. The first-order chi connectivity index (χ1) is 11.5. The minimum absolute atomic E-state index is 0.0285. The summed E-state index contributed by atoms with van der Waals surface area (Å²) in [5.74, 6) is -0.0652. The molecule has 1 N–H and O–H groups in total. The third kappa shape index (κ3) is 4.95. The predicted molar refractivity (Wildman–Crippen MR) is 97.1 cm³/mol. The molecule has 126 valence electrons. The summed E-state index contributed by atoms with van der Waals surface area (Å²) in [6, 6.07) is 15.6. The van der Waals surface area contributed by atoms with Crippen molar-refractivity contribution in [3.63, 3.8) is 0 Å². The highest BCUT2D eigenvalue weighted by atomic mass is 16.2. The Morgan fingerprint density at radius 3 is 2.38 bits per heavy atom. The van der Waals surface area contributed by atoms with E-state index in [-0.39, 0.29) is 11.8 Å². The second-order valence-corrected chi connectivity index (χ2v) is 5.97. The standard InChI is InChI=1S/C20H24N2O2/c1-15-9-10-19(16(2)13-15)22(17(3)23)12-11-21-20(24)14-18-7-5-4-6-8-18/h4-10,13H,11-12,14H2,1-3H3,(H,21,24). The SMILES string of the molecule is CC(=O)N(CCNC(=O)Cc1ccccc1)c1ccc(C)cc1C. The third-order valence-electron chi connectivity index (χ3n) is 3.89. The van der Waals surface area contributed by atoms with E-state index in [4.69, 9.17) is 0 Å². The van der Waals surface area contributed by atoms with Crippen LogP contribution in [0, 0.1) is 13.8 Å². The summed E-state index contributed by atoms with van der Waals surface area (Å²) in [5.41, 5.74) is 4.09. The van der Waals surface area contributed by atoms with Crippen LogP contribution < -0.4 is 10.2 Å². The molecule has 2 aromatic rings. The van der Waals surface area contributed by atoms with Crippen LogP contribution in [0.25, 0.3) is 0 Å². The first-order valence-corrected chi connectivity index (χ1v) is 8.13. The first-order valence-electron chi connectivity index (χ1n) is 8.13. The van der Waals surface area contributed by atoms with Crippen molar-refractivity contribution in [3.05, 3.63) is 65.2 Å². The van der Waals surface area contributed by atoms with Crippen LogP contribution in [0.2, 0.25) is 0 Å². The molecule has 0 spiro atoms. The summed E-state index contributed by atoms with van der Waals surface area (Å²) in [5, 5.41) is 2.88. The van der Waals surface area contributed by atoms with Crippen molar-refractivity contribution in [1.82, 2.24) is 5.32 Å². The molecule has 0 aromatic heterocycles. The van der Waals surface area contributed by atoms with Crippen LogP contribution in [-0.4, -0.2) is 24.9 Å². The van der Waals surface area contributed by atoms with E-state index in [0.29, 0.717) is 19.5 Å². The van der Waals surface area contributed by atoms with Gasteiger partial charge in [-0.25, -0.2) is 0 Å². The lowest BCUT2D eigenvalue weighted by molar-refractivity contribution is -0.121. The number of aryl methyl sites for hydroxylation is 2. The van der Waals surface area contributed by atoms with Gasteiger partial charge >= 0.3 is 0 Å². The number of carbonyl (C=O) groups is 2. The minimum Gasteiger partial charge on any atom is -0.354 e. The molecule has 0 atom stereocenters. The number of hydrogen-bond donors (Lipinski definition) is 1. The normalized spacial score (nSPS) is 10.3. The fourth-order valence-corrected chi connectivity index (χ4v) is 2.71. The van der Waals surface area contributed by atoms with Crippen molar-refractivity contribution in [2.24, 2.45) is 0 Å². The molecule has 0 bridgehead atoms. The van der Waals surface area contributed by atoms with Gasteiger partial charge in [-0.05, 0) is 31.0 Å². The van der Waals surface area contributed by atoms with Crippen LogP contribution >= 0.6 is 0 Å². The van der Waals surface area contributed by atoms with Gasteiger partial charge in [-0.3, -0.25) is 9.59 Å². The van der Waals surface area contributed by atoms with Gasteiger partial charge in [0.15, 0.2) is 0 Å². The maximum atomic E-state index is 12.0. The van der Waals surface area contributed by atoms with Crippen molar-refractivity contribution < 1.29 is 9.59 Å². The third-order valence-corrected chi connectivity index (χ3v) is 3.89. The van der Waals surface area contributed by atoms with E-state index in [1.165, 1.54) is 0 Å². The van der Waals surface area contributed by atoms with E-state index < -0.39 is 0 Å². The molecule has 0 saturated carbocycles. The highest BCUT2D eigenvalue weighted by molar-refractivity contribution is 5.92. The molecule has 0 radical (unpaired) electrons. The summed E-state index contributed by atoms with van der Waals surface area (Å²) in [4.78, 5) is 25.7. The lowest BCUT2D eigenvalue weighted by Gasteiger charge is -2.23. The zero-order chi connectivity index (χ0) is 17.5. The van der Waals surface area contributed by atoms with E-state index in [1.807, 2.05) is 56.3 Å². The lowest BCUT2D eigenvalue weighted by Crippen LogP contribution is -2.38. The van der Waals surface area contributed by atoms with Crippen molar-refractivity contribution in [2.75, 3.05) is 18.0 Å². The molecule has 0 fully saturated rings. The van der Waals surface area contributed by atoms with Crippen molar-refractivity contribution in [2.45, 2.75) is 27.2 Å². The quantitative estimate of drug-likeness (QED) is 0.888. The fourth-order valence-electron chi connectivity index (χ4n) is 2.71. The van der Waals surface area contributed by atoms with E-state index in [1.54, 1.807) is 11.8 Å². The Labute approximate surface area is 143 Å². The molecule has 0 aliphatic carbocycles. The molecule has 2 rings (SSSR count). The highest BCUT2D eigenvalue weighted by Crippen LogP contribution is 2.21. The second-order valence-electron chi connectivity index (χ2n) is 5.97. The van der Waals surface area contributed by atoms with Gasteiger partial charge in [0, 0.05) is 25.7 Å². The second kappa shape index (κ2) is 8.29. The zero-order valence-electron chi connectivity index (χ0n) is 14.5. The molecule has 0 aliphatic rings. The van der Waals surface area contributed by atoms with Crippen LogP contribution in [0.4, 0.5) is 5.69 Å². The van der Waals surface area contributed by atoms with Gasteiger partial charge in [0.1, 0.15) is 0 Å². The summed E-state index contributed by atoms with van der Waals surface area (Å²) in [6.07, 6.45) is 0.352. The largest absolute Gasteiger partial charge is 0.354 e. The number of hydrogen-bond acceptors (Lipinski definition) is 2. The number of nitrogens with one attached hydrogen (secondary N) is 1. The van der Waals surface area contributed by atoms with Gasteiger partial charge in [-0.2, -0.15) is 0 Å². The monoisotopic (exact) mass is 324 g/mol. The summed E-state index contributed by atoms with van der Waals surface area (Å²) >= 11 is 0. The van der Waals surface area contributed by atoms with Crippen molar-refractivity contribution >= 4 is 17.5 Å². The van der Waals surface area contributed by atoms with Crippen LogP contribution in [-0.2, 0) is 16.0 Å². The highest BCUT2D eigenvalue weighted by Gasteiger charge is 2.14. The van der Waals surface area contributed by atoms with E-state index in [2.05, 4.69) is 11.4 Å². The van der Waals surface area contributed by atoms with Gasteiger partial charge in [0.05, 0.1) is 6.42 Å². The average Bonchev–Trinajstić information content (AvgIpc) is 2.53. The van der Waals surface area contributed by atoms with Gasteiger partial charge in [-0.1, -0.05) is 48.0 Å². The Morgan fingerprint density at radius 1 is 1.04 bits per heavy atom. The Kier molecular flexibility index (Phi) is 6.13. The Bertz CT molecular complexity index is 711. The maximum Gasteiger partial charge on any atom is 0.224 e. The lowest BCUT2D eigenvalue weighted by atomic mass is 10.1. The molecule has 0 heterocycles. The van der Waals surface area contributed by atoms with Gasteiger partial charge < -0.3 is 10.2 Å². The van der Waals surface area contributed by atoms with E-state index in [9.17, 15) is 9.59 Å². The predicted octanol–water partition coefficient (Wildman–Crippen LogP) is 3.02.